The Bertz CT molecular complexity index is 369. The molecule has 1 aromatic carbocycles. The number of hydrogen-bond donors (Lipinski definition) is 1. The molecule has 1 N–H and O–H groups in total. The van der Waals surface area contributed by atoms with Gasteiger partial charge < -0.3 is 5.11 Å². The molecule has 0 unspecified atom stereocenters. The number of rotatable bonds is 4. The van der Waals surface area contributed by atoms with Crippen LogP contribution in [0, 0.1) is 0 Å². The maximum absolute atomic E-state index is 12.3. The molecule has 0 radical (unpaired) electrons. The molecule has 16 heavy (non-hydrogen) atoms. The van der Waals surface area contributed by atoms with Crippen LogP contribution in [-0.2, 0) is 10.2 Å². The van der Waals surface area contributed by atoms with Crippen LogP contribution in [0.3, 0.4) is 0 Å². The lowest BCUT2D eigenvalue weighted by Crippen LogP contribution is -2.21. The van der Waals surface area contributed by atoms with Gasteiger partial charge in [-0.25, -0.2) is 8.78 Å². The van der Waals surface area contributed by atoms with Crippen molar-refractivity contribution in [3.63, 3.8) is 0 Å². The molecular formula is C12H14F2O2. The highest BCUT2D eigenvalue weighted by Gasteiger charge is 2.24. The Morgan fingerprint density at radius 1 is 1.31 bits per heavy atom. The molecule has 0 saturated carbocycles. The Morgan fingerprint density at radius 2 is 1.81 bits per heavy atom. The fraction of sp³-hybridized carbons (Fsp3) is 0.417. The lowest BCUT2D eigenvalue weighted by Gasteiger charge is -2.23. The van der Waals surface area contributed by atoms with E-state index in [2.05, 4.69) is 0 Å². The van der Waals surface area contributed by atoms with Crippen LogP contribution in [0.2, 0.25) is 0 Å². The van der Waals surface area contributed by atoms with Crippen LogP contribution in [0.1, 0.15) is 37.8 Å². The van der Waals surface area contributed by atoms with E-state index in [9.17, 15) is 13.6 Å². The average molecular weight is 228 g/mol. The largest absolute Gasteiger partial charge is 0.481 e. The van der Waals surface area contributed by atoms with E-state index in [1.165, 1.54) is 12.1 Å². The van der Waals surface area contributed by atoms with Crippen molar-refractivity contribution < 1.29 is 18.7 Å². The zero-order valence-electron chi connectivity index (χ0n) is 9.21. The summed E-state index contributed by atoms with van der Waals surface area (Å²) in [7, 11) is 0. The minimum Gasteiger partial charge on any atom is -0.481 e. The molecular weight excluding hydrogens is 214 g/mol. The van der Waals surface area contributed by atoms with Crippen molar-refractivity contribution in [2.45, 2.75) is 32.1 Å². The lowest BCUT2D eigenvalue weighted by molar-refractivity contribution is -0.138. The van der Waals surface area contributed by atoms with E-state index >= 15 is 0 Å². The lowest BCUT2D eigenvalue weighted by atomic mass is 9.81. The van der Waals surface area contributed by atoms with Crippen LogP contribution >= 0.6 is 0 Å². The SMILES string of the molecule is CC(C)(CC(=O)O)c1ccc(C(F)F)cc1. The van der Waals surface area contributed by atoms with E-state index in [0.29, 0.717) is 0 Å². The Labute approximate surface area is 92.9 Å². The number of alkyl halides is 2. The summed E-state index contributed by atoms with van der Waals surface area (Å²) in [6.07, 6.45) is -2.52. The Hall–Kier alpha value is -1.45. The maximum atomic E-state index is 12.3. The van der Waals surface area contributed by atoms with Crippen LogP contribution in [0.5, 0.6) is 0 Å². The molecule has 0 aliphatic carbocycles. The van der Waals surface area contributed by atoms with Gasteiger partial charge in [-0.05, 0) is 5.56 Å². The standard InChI is InChI=1S/C12H14F2O2/c1-12(2,7-10(15)16)9-5-3-8(4-6-9)11(13)14/h3-6,11H,7H2,1-2H3,(H,15,16). The first-order chi connectivity index (χ1) is 7.33. The normalized spacial score (nSPS) is 11.8. The first kappa shape index (κ1) is 12.6. The predicted octanol–water partition coefficient (Wildman–Crippen LogP) is 3.38. The predicted molar refractivity (Wildman–Crippen MR) is 56.7 cm³/mol. The highest BCUT2D eigenvalue weighted by Crippen LogP contribution is 2.28. The molecule has 0 spiro atoms. The Balaban J connectivity index is 2.92. The van der Waals surface area contributed by atoms with Crippen LogP contribution in [0.15, 0.2) is 24.3 Å². The Kier molecular flexibility index (Phi) is 3.62. The number of carboxylic acid groups (broad SMARTS) is 1. The third-order valence-electron chi connectivity index (χ3n) is 2.54. The number of benzene rings is 1. The topological polar surface area (TPSA) is 37.3 Å². The minimum atomic E-state index is -2.49. The van der Waals surface area contributed by atoms with E-state index in [1.54, 1.807) is 26.0 Å². The number of aliphatic carboxylic acids is 1. The Morgan fingerprint density at radius 3 is 2.19 bits per heavy atom. The summed E-state index contributed by atoms with van der Waals surface area (Å²) in [5, 5.41) is 8.73. The molecule has 0 aromatic heterocycles. The second kappa shape index (κ2) is 4.60. The van der Waals surface area contributed by atoms with Gasteiger partial charge >= 0.3 is 5.97 Å². The van der Waals surface area contributed by atoms with Crippen LogP contribution in [-0.4, -0.2) is 11.1 Å². The van der Waals surface area contributed by atoms with Gasteiger partial charge in [0.15, 0.2) is 0 Å². The van der Waals surface area contributed by atoms with Gasteiger partial charge in [0.25, 0.3) is 6.43 Å². The molecule has 0 heterocycles. The quantitative estimate of drug-likeness (QED) is 0.857. The van der Waals surface area contributed by atoms with Crippen LogP contribution < -0.4 is 0 Å². The summed E-state index contributed by atoms with van der Waals surface area (Å²) in [6, 6.07) is 5.79. The van der Waals surface area contributed by atoms with Crippen molar-refractivity contribution in [2.24, 2.45) is 0 Å². The monoisotopic (exact) mass is 228 g/mol. The maximum Gasteiger partial charge on any atom is 0.304 e. The van der Waals surface area contributed by atoms with Gasteiger partial charge in [-0.1, -0.05) is 38.1 Å². The molecule has 0 atom stereocenters. The van der Waals surface area contributed by atoms with E-state index in [4.69, 9.17) is 5.11 Å². The smallest absolute Gasteiger partial charge is 0.304 e. The van der Waals surface area contributed by atoms with Gasteiger partial charge in [-0.2, -0.15) is 0 Å². The van der Waals surface area contributed by atoms with Gasteiger partial charge in [0.05, 0.1) is 6.42 Å². The summed E-state index contributed by atoms with van der Waals surface area (Å²) in [4.78, 5) is 10.6. The third-order valence-corrected chi connectivity index (χ3v) is 2.54. The summed E-state index contributed by atoms with van der Waals surface area (Å²) in [6.45, 7) is 3.55. The van der Waals surface area contributed by atoms with Gasteiger partial charge in [0, 0.05) is 11.0 Å². The molecule has 1 rings (SSSR count). The molecule has 1 aromatic rings. The van der Waals surface area contributed by atoms with Crippen molar-refractivity contribution in [3.8, 4) is 0 Å². The average Bonchev–Trinajstić information content (AvgIpc) is 2.16. The molecule has 2 nitrogen and oxygen atoms in total. The van der Waals surface area contributed by atoms with E-state index in [0.717, 1.165) is 5.56 Å². The van der Waals surface area contributed by atoms with E-state index in [-0.39, 0.29) is 12.0 Å². The second-order valence-electron chi connectivity index (χ2n) is 4.38. The summed E-state index contributed by atoms with van der Waals surface area (Å²) >= 11 is 0. The van der Waals surface area contributed by atoms with E-state index in [1.807, 2.05) is 0 Å². The molecule has 0 saturated heterocycles. The zero-order chi connectivity index (χ0) is 12.3. The molecule has 0 aliphatic rings. The minimum absolute atomic E-state index is 0.0268. The number of carboxylic acids is 1. The number of halogens is 2. The summed E-state index contributed by atoms with van der Waals surface area (Å²) in [5.41, 5.74) is 0.154. The van der Waals surface area contributed by atoms with Crippen LogP contribution in [0.4, 0.5) is 8.78 Å². The van der Waals surface area contributed by atoms with Crippen molar-refractivity contribution in [1.82, 2.24) is 0 Å². The van der Waals surface area contributed by atoms with Crippen molar-refractivity contribution in [3.05, 3.63) is 35.4 Å². The highest BCUT2D eigenvalue weighted by atomic mass is 19.3. The van der Waals surface area contributed by atoms with Crippen molar-refractivity contribution >= 4 is 5.97 Å². The fourth-order valence-corrected chi connectivity index (χ4v) is 1.56. The molecule has 0 aliphatic heterocycles. The second-order valence-corrected chi connectivity index (χ2v) is 4.38. The molecule has 4 heteroatoms. The van der Waals surface area contributed by atoms with E-state index < -0.39 is 17.8 Å². The van der Waals surface area contributed by atoms with Crippen LogP contribution in [0.25, 0.3) is 0 Å². The fourth-order valence-electron chi connectivity index (χ4n) is 1.56. The van der Waals surface area contributed by atoms with Gasteiger partial charge in [-0.3, -0.25) is 4.79 Å². The van der Waals surface area contributed by atoms with Crippen molar-refractivity contribution in [1.29, 1.82) is 0 Å². The first-order valence-corrected chi connectivity index (χ1v) is 4.93. The molecule has 88 valence electrons. The summed E-state index contributed by atoms with van der Waals surface area (Å²) < 4.78 is 24.6. The molecule has 0 fully saturated rings. The van der Waals surface area contributed by atoms with Gasteiger partial charge in [-0.15, -0.1) is 0 Å². The van der Waals surface area contributed by atoms with Crippen molar-refractivity contribution in [2.75, 3.05) is 0 Å². The molecule has 0 bridgehead atoms. The first-order valence-electron chi connectivity index (χ1n) is 4.93. The third kappa shape index (κ3) is 3.02. The number of hydrogen-bond acceptors (Lipinski definition) is 1. The summed E-state index contributed by atoms with van der Waals surface area (Å²) in [5.74, 6) is -0.900. The molecule has 0 amide bonds. The number of carbonyl (C=O) groups is 1. The zero-order valence-corrected chi connectivity index (χ0v) is 9.21. The van der Waals surface area contributed by atoms with Gasteiger partial charge in [0.2, 0.25) is 0 Å². The highest BCUT2D eigenvalue weighted by molar-refractivity contribution is 5.68. The van der Waals surface area contributed by atoms with Gasteiger partial charge in [0.1, 0.15) is 0 Å².